The van der Waals surface area contributed by atoms with Crippen LogP contribution in [0.5, 0.6) is 0 Å². The van der Waals surface area contributed by atoms with Gasteiger partial charge < -0.3 is 10.2 Å². The first kappa shape index (κ1) is 14.7. The number of thioether (sulfide) groups is 1. The summed E-state index contributed by atoms with van der Waals surface area (Å²) in [5.74, 6) is 0.902. The van der Waals surface area contributed by atoms with E-state index in [1.54, 1.807) is 0 Å². The van der Waals surface area contributed by atoms with Gasteiger partial charge in [0.05, 0.1) is 0 Å². The van der Waals surface area contributed by atoms with Crippen molar-refractivity contribution in [1.29, 1.82) is 0 Å². The van der Waals surface area contributed by atoms with Crippen LogP contribution >= 0.6 is 11.8 Å². The van der Waals surface area contributed by atoms with Gasteiger partial charge in [-0.05, 0) is 31.7 Å². The summed E-state index contributed by atoms with van der Waals surface area (Å²) >= 11 is 2.16. The van der Waals surface area contributed by atoms with E-state index in [1.807, 2.05) is 0 Å². The Morgan fingerprint density at radius 1 is 1.17 bits per heavy atom. The highest BCUT2D eigenvalue weighted by Crippen LogP contribution is 2.30. The zero-order valence-electron chi connectivity index (χ0n) is 12.3. The van der Waals surface area contributed by atoms with E-state index in [9.17, 15) is 0 Å². The maximum atomic E-state index is 3.76. The highest BCUT2D eigenvalue weighted by Gasteiger charge is 2.30. The van der Waals surface area contributed by atoms with Crippen LogP contribution in [-0.2, 0) is 0 Å². The van der Waals surface area contributed by atoms with Gasteiger partial charge in [0, 0.05) is 36.2 Å². The van der Waals surface area contributed by atoms with Gasteiger partial charge >= 0.3 is 0 Å². The number of rotatable bonds is 5. The topological polar surface area (TPSA) is 15.3 Å². The zero-order valence-corrected chi connectivity index (χ0v) is 13.1. The quantitative estimate of drug-likeness (QED) is 0.827. The van der Waals surface area contributed by atoms with E-state index in [0.717, 1.165) is 22.5 Å². The molecular weight excluding hydrogens is 240 g/mol. The highest BCUT2D eigenvalue weighted by atomic mass is 32.2. The summed E-state index contributed by atoms with van der Waals surface area (Å²) in [6, 6.07) is 0.796. The van der Waals surface area contributed by atoms with Crippen LogP contribution in [0.1, 0.15) is 46.5 Å². The Balaban J connectivity index is 1.80. The van der Waals surface area contributed by atoms with Gasteiger partial charge in [-0.15, -0.1) is 0 Å². The Hall–Kier alpha value is 0.270. The van der Waals surface area contributed by atoms with Crippen molar-refractivity contribution in [3.8, 4) is 0 Å². The number of nitrogens with zero attached hydrogens (tertiary/aromatic N) is 1. The Morgan fingerprint density at radius 2 is 1.89 bits per heavy atom. The smallest absolute Gasteiger partial charge is 0.0149 e. The molecule has 2 rings (SSSR count). The van der Waals surface area contributed by atoms with Gasteiger partial charge in [-0.3, -0.25) is 0 Å². The third-order valence-electron chi connectivity index (χ3n) is 4.30. The summed E-state index contributed by atoms with van der Waals surface area (Å²) in [5.41, 5.74) is 0. The van der Waals surface area contributed by atoms with E-state index in [4.69, 9.17) is 0 Å². The molecule has 1 saturated carbocycles. The molecule has 106 valence electrons. The summed E-state index contributed by atoms with van der Waals surface area (Å²) in [6.45, 7) is 12.2. The molecule has 3 heteroatoms. The number of nitrogens with one attached hydrogen (secondary N) is 1. The second-order valence-corrected chi connectivity index (χ2v) is 8.11. The Kier molecular flexibility index (Phi) is 5.84. The summed E-state index contributed by atoms with van der Waals surface area (Å²) in [4.78, 5) is 2.72. The molecule has 1 N–H and O–H groups in total. The summed E-state index contributed by atoms with van der Waals surface area (Å²) in [5, 5.41) is 5.40. The lowest BCUT2D eigenvalue weighted by molar-refractivity contribution is 0.211. The fourth-order valence-electron chi connectivity index (χ4n) is 3.62. The van der Waals surface area contributed by atoms with E-state index >= 15 is 0 Å². The molecule has 4 unspecified atom stereocenters. The summed E-state index contributed by atoms with van der Waals surface area (Å²) in [7, 11) is 0. The zero-order chi connectivity index (χ0) is 13.0. The molecule has 0 aromatic carbocycles. The first-order chi connectivity index (χ1) is 8.69. The molecule has 0 spiro atoms. The van der Waals surface area contributed by atoms with E-state index < -0.39 is 0 Å². The van der Waals surface area contributed by atoms with Crippen LogP contribution in [0.15, 0.2) is 0 Å². The number of hydrogen-bond acceptors (Lipinski definition) is 3. The van der Waals surface area contributed by atoms with Crippen molar-refractivity contribution in [3.63, 3.8) is 0 Å². The van der Waals surface area contributed by atoms with E-state index in [2.05, 4.69) is 42.7 Å². The maximum Gasteiger partial charge on any atom is 0.0149 e. The highest BCUT2D eigenvalue weighted by molar-refractivity contribution is 8.00. The molecule has 1 aliphatic heterocycles. The van der Waals surface area contributed by atoms with Gasteiger partial charge in [0.2, 0.25) is 0 Å². The molecule has 0 aromatic rings. The molecule has 2 nitrogen and oxygen atoms in total. The summed E-state index contributed by atoms with van der Waals surface area (Å²) < 4.78 is 0. The second kappa shape index (κ2) is 7.16. The van der Waals surface area contributed by atoms with Gasteiger partial charge in [0.1, 0.15) is 0 Å². The lowest BCUT2D eigenvalue weighted by Gasteiger charge is -2.37. The van der Waals surface area contributed by atoms with Crippen molar-refractivity contribution < 1.29 is 0 Å². The lowest BCUT2D eigenvalue weighted by atomic mass is 10.0. The Bertz CT molecular complexity index is 237. The third-order valence-corrected chi connectivity index (χ3v) is 5.53. The van der Waals surface area contributed by atoms with Crippen molar-refractivity contribution in [3.05, 3.63) is 0 Å². The predicted octanol–water partition coefficient (Wildman–Crippen LogP) is 2.98. The molecule has 1 heterocycles. The molecule has 18 heavy (non-hydrogen) atoms. The predicted molar refractivity (Wildman–Crippen MR) is 82.4 cm³/mol. The fourth-order valence-corrected chi connectivity index (χ4v) is 5.01. The molecule has 0 amide bonds. The van der Waals surface area contributed by atoms with Gasteiger partial charge in [-0.25, -0.2) is 0 Å². The van der Waals surface area contributed by atoms with Gasteiger partial charge in [0.25, 0.3) is 0 Å². The minimum absolute atomic E-state index is 0.796. The Labute approximate surface area is 117 Å². The van der Waals surface area contributed by atoms with Crippen LogP contribution in [0.4, 0.5) is 0 Å². The monoisotopic (exact) mass is 270 g/mol. The lowest BCUT2D eigenvalue weighted by Crippen LogP contribution is -2.46. The van der Waals surface area contributed by atoms with E-state index in [1.165, 1.54) is 51.9 Å². The van der Waals surface area contributed by atoms with E-state index in [-0.39, 0.29) is 0 Å². The van der Waals surface area contributed by atoms with Crippen molar-refractivity contribution in [2.75, 3.05) is 26.2 Å². The first-order valence-corrected chi connectivity index (χ1v) is 8.74. The molecule has 0 aromatic heterocycles. The van der Waals surface area contributed by atoms with Gasteiger partial charge in [-0.2, -0.15) is 11.8 Å². The van der Waals surface area contributed by atoms with Crippen LogP contribution in [0.2, 0.25) is 0 Å². The minimum Gasteiger partial charge on any atom is -0.314 e. The largest absolute Gasteiger partial charge is 0.314 e. The van der Waals surface area contributed by atoms with Crippen molar-refractivity contribution >= 4 is 11.8 Å². The standard InChI is InChI=1S/C15H30N2S/c1-4-8-16-15-7-5-6-14(15)11-17-9-12(2)18-13(3)10-17/h12-16H,4-11H2,1-3H3. The normalized spacial score (nSPS) is 38.2. The molecule has 1 aliphatic carbocycles. The van der Waals surface area contributed by atoms with Crippen LogP contribution in [0, 0.1) is 5.92 Å². The molecular formula is C15H30N2S. The average Bonchev–Trinajstić information content (AvgIpc) is 2.72. The third kappa shape index (κ3) is 4.14. The average molecular weight is 270 g/mol. The molecule has 4 atom stereocenters. The fraction of sp³-hybridized carbons (Fsp3) is 1.00. The van der Waals surface area contributed by atoms with Crippen LogP contribution in [0.3, 0.4) is 0 Å². The van der Waals surface area contributed by atoms with Crippen molar-refractivity contribution in [2.24, 2.45) is 5.92 Å². The molecule has 0 bridgehead atoms. The SMILES string of the molecule is CCCNC1CCCC1CN1CC(C)SC(C)C1. The molecule has 2 aliphatic rings. The first-order valence-electron chi connectivity index (χ1n) is 7.80. The van der Waals surface area contributed by atoms with Gasteiger partial charge in [0.15, 0.2) is 0 Å². The summed E-state index contributed by atoms with van der Waals surface area (Å²) in [6.07, 6.45) is 5.53. The molecule has 0 radical (unpaired) electrons. The maximum absolute atomic E-state index is 3.76. The van der Waals surface area contributed by atoms with Crippen molar-refractivity contribution in [1.82, 2.24) is 10.2 Å². The van der Waals surface area contributed by atoms with Crippen molar-refractivity contribution in [2.45, 2.75) is 63.0 Å². The van der Waals surface area contributed by atoms with Crippen LogP contribution in [0.25, 0.3) is 0 Å². The van der Waals surface area contributed by atoms with E-state index in [0.29, 0.717) is 0 Å². The minimum atomic E-state index is 0.796. The van der Waals surface area contributed by atoms with Gasteiger partial charge in [-0.1, -0.05) is 27.2 Å². The molecule has 2 fully saturated rings. The van der Waals surface area contributed by atoms with Crippen LogP contribution in [-0.4, -0.2) is 47.6 Å². The number of hydrogen-bond donors (Lipinski definition) is 1. The Morgan fingerprint density at radius 3 is 2.56 bits per heavy atom. The second-order valence-electron chi connectivity index (χ2n) is 6.23. The van der Waals surface area contributed by atoms with Crippen LogP contribution < -0.4 is 5.32 Å². The molecule has 1 saturated heterocycles.